The summed E-state index contributed by atoms with van der Waals surface area (Å²) >= 11 is 6.20. The van der Waals surface area contributed by atoms with Gasteiger partial charge in [0.2, 0.25) is 0 Å². The normalized spacial score (nSPS) is 11.4. The van der Waals surface area contributed by atoms with E-state index >= 15 is 0 Å². The highest BCUT2D eigenvalue weighted by molar-refractivity contribution is 7.99. The van der Waals surface area contributed by atoms with Gasteiger partial charge in [0.05, 0.1) is 6.61 Å². The van der Waals surface area contributed by atoms with Gasteiger partial charge in [0, 0.05) is 18.6 Å². The zero-order valence-electron chi connectivity index (χ0n) is 32.7. The Balaban J connectivity index is -0.000000855. The maximum absolute atomic E-state index is 11.6. The highest BCUT2D eigenvalue weighted by Crippen LogP contribution is 2.08. The SMILES string of the molecule is CC.CCCSC/C=C\CCCC/C=C\CCCCC(=O)OCCCCN(C)C.O=C(O)CCCC/C=C\CCCC/C=C\CCCCS. The topological polar surface area (TPSA) is 66.8 Å². The summed E-state index contributed by atoms with van der Waals surface area (Å²) in [6.45, 7) is 7.85. The Morgan fingerprint density at radius 2 is 1.06 bits per heavy atom. The summed E-state index contributed by atoms with van der Waals surface area (Å²) in [5.74, 6) is 2.71. The monoisotopic (exact) mass is 726 g/mol. The van der Waals surface area contributed by atoms with E-state index in [1.807, 2.05) is 25.6 Å². The van der Waals surface area contributed by atoms with Crippen LogP contribution >= 0.6 is 24.4 Å². The van der Waals surface area contributed by atoms with Crippen LogP contribution in [0.5, 0.6) is 0 Å². The lowest BCUT2D eigenvalue weighted by Crippen LogP contribution is -2.14. The van der Waals surface area contributed by atoms with E-state index in [9.17, 15) is 9.59 Å². The standard InChI is InChI=1S/C23H43NO2S.C17H30O2S.C2H6/c1-4-21-27-22-17-13-11-9-7-5-6-8-10-12-14-18-23(25)26-20-16-15-19-24(2)3;18-17(19)15-13-11-9-7-5-3-1-2-4-6-8-10-12-14-16-20;1-2/h6,8,13,17H,4-5,7,9-12,14-16,18-22H2,1-3H3;5-8,20H,1-4,9-16H2,(H,18,19);1-2H3/b8-6-,17-13-;7-5-,8-6-;. The number of carbonyl (C=O) groups excluding carboxylic acids is 1. The van der Waals surface area contributed by atoms with E-state index in [0.29, 0.717) is 19.4 Å². The second kappa shape index (κ2) is 48.7. The molecule has 0 aliphatic rings. The Morgan fingerprint density at radius 3 is 1.49 bits per heavy atom. The van der Waals surface area contributed by atoms with E-state index in [-0.39, 0.29) is 5.97 Å². The molecule has 0 rings (SSSR count). The lowest BCUT2D eigenvalue weighted by atomic mass is 10.1. The van der Waals surface area contributed by atoms with Gasteiger partial charge in [-0.1, -0.05) is 69.4 Å². The van der Waals surface area contributed by atoms with Gasteiger partial charge in [0.15, 0.2) is 0 Å². The third-order valence-corrected chi connectivity index (χ3v) is 8.71. The van der Waals surface area contributed by atoms with Crippen molar-refractivity contribution in [1.82, 2.24) is 4.90 Å². The van der Waals surface area contributed by atoms with Gasteiger partial charge in [-0.2, -0.15) is 24.4 Å². The Kier molecular flexibility index (Phi) is 51.6. The molecule has 0 aromatic carbocycles. The van der Waals surface area contributed by atoms with Crippen LogP contribution in [-0.4, -0.2) is 66.5 Å². The summed E-state index contributed by atoms with van der Waals surface area (Å²) in [5, 5.41) is 8.49. The zero-order chi connectivity index (χ0) is 36.9. The molecule has 0 aromatic heterocycles. The highest BCUT2D eigenvalue weighted by Gasteiger charge is 2.02. The van der Waals surface area contributed by atoms with Crippen molar-refractivity contribution in [2.24, 2.45) is 0 Å². The van der Waals surface area contributed by atoms with Crippen LogP contribution in [0, 0.1) is 0 Å². The van der Waals surface area contributed by atoms with Crippen molar-refractivity contribution in [3.8, 4) is 0 Å². The molecular weight excluding hydrogens is 647 g/mol. The number of rotatable bonds is 33. The molecule has 49 heavy (non-hydrogen) atoms. The van der Waals surface area contributed by atoms with Crippen molar-refractivity contribution in [1.29, 1.82) is 0 Å². The molecule has 0 saturated heterocycles. The van der Waals surface area contributed by atoms with E-state index in [1.54, 1.807) is 0 Å². The highest BCUT2D eigenvalue weighted by atomic mass is 32.2. The number of aliphatic carboxylic acids is 1. The maximum Gasteiger partial charge on any atom is 0.305 e. The van der Waals surface area contributed by atoms with Crippen molar-refractivity contribution in [2.75, 3.05) is 44.5 Å². The molecule has 0 amide bonds. The molecule has 0 radical (unpaired) electrons. The van der Waals surface area contributed by atoms with E-state index in [2.05, 4.69) is 87.2 Å². The minimum atomic E-state index is -0.687. The van der Waals surface area contributed by atoms with Gasteiger partial charge in [-0.15, -0.1) is 0 Å². The smallest absolute Gasteiger partial charge is 0.305 e. The molecule has 0 atom stereocenters. The first-order valence-corrected chi connectivity index (χ1v) is 21.5. The Hall–Kier alpha value is -1.44. The van der Waals surface area contributed by atoms with E-state index in [1.165, 1.54) is 76.4 Å². The molecule has 1 N–H and O–H groups in total. The first-order valence-electron chi connectivity index (χ1n) is 19.7. The van der Waals surface area contributed by atoms with Gasteiger partial charge in [0.25, 0.3) is 0 Å². The number of thioether (sulfide) groups is 1. The maximum atomic E-state index is 11.6. The second-order valence-corrected chi connectivity index (χ2v) is 14.0. The average molecular weight is 726 g/mol. The molecule has 0 fully saturated rings. The minimum absolute atomic E-state index is 0.0371. The predicted molar refractivity (Wildman–Crippen MR) is 223 cm³/mol. The molecule has 0 aliphatic heterocycles. The number of hydrogen-bond acceptors (Lipinski definition) is 6. The van der Waals surface area contributed by atoms with Gasteiger partial charge < -0.3 is 14.7 Å². The predicted octanol–water partition coefficient (Wildman–Crippen LogP) is 12.7. The number of unbranched alkanes of at least 4 members (excludes halogenated alkanes) is 13. The van der Waals surface area contributed by atoms with Gasteiger partial charge in [0.1, 0.15) is 0 Å². The number of allylic oxidation sites excluding steroid dienone is 7. The van der Waals surface area contributed by atoms with E-state index in [4.69, 9.17) is 9.84 Å². The molecule has 0 aliphatic carbocycles. The summed E-state index contributed by atoms with van der Waals surface area (Å²) in [4.78, 5) is 24.1. The van der Waals surface area contributed by atoms with Crippen LogP contribution in [0.4, 0.5) is 0 Å². The van der Waals surface area contributed by atoms with Crippen LogP contribution in [0.15, 0.2) is 48.6 Å². The third-order valence-electron chi connectivity index (χ3n) is 7.27. The Morgan fingerprint density at radius 1 is 0.633 bits per heavy atom. The number of nitrogens with zero attached hydrogens (tertiary/aromatic N) is 1. The molecule has 0 aromatic rings. The quantitative estimate of drug-likeness (QED) is 0.0304. The summed E-state index contributed by atoms with van der Waals surface area (Å²) in [6, 6.07) is 0. The van der Waals surface area contributed by atoms with Gasteiger partial charge in [-0.25, -0.2) is 0 Å². The Bertz CT molecular complexity index is 781. The van der Waals surface area contributed by atoms with Crippen molar-refractivity contribution in [3.05, 3.63) is 48.6 Å². The summed E-state index contributed by atoms with van der Waals surface area (Å²) in [5.41, 5.74) is 0. The molecule has 0 unspecified atom stereocenters. The minimum Gasteiger partial charge on any atom is -0.481 e. The molecule has 0 bridgehead atoms. The zero-order valence-corrected chi connectivity index (χ0v) is 34.4. The lowest BCUT2D eigenvalue weighted by molar-refractivity contribution is -0.144. The van der Waals surface area contributed by atoms with Gasteiger partial charge >= 0.3 is 11.9 Å². The number of thiol groups is 1. The number of carboxylic acids is 1. The molecule has 0 spiro atoms. The number of carbonyl (C=O) groups is 2. The third kappa shape index (κ3) is 56.2. The van der Waals surface area contributed by atoms with Crippen LogP contribution < -0.4 is 0 Å². The lowest BCUT2D eigenvalue weighted by Gasteiger charge is -2.09. The summed E-state index contributed by atoms with van der Waals surface area (Å²) in [7, 11) is 4.13. The Labute approximate surface area is 314 Å². The van der Waals surface area contributed by atoms with E-state index in [0.717, 1.165) is 75.8 Å². The summed E-state index contributed by atoms with van der Waals surface area (Å²) in [6.07, 6.45) is 41.7. The molecular formula is C42H79NO4S2. The first-order chi connectivity index (χ1) is 23.9. The number of esters is 1. The van der Waals surface area contributed by atoms with Gasteiger partial charge in [-0.3, -0.25) is 9.59 Å². The van der Waals surface area contributed by atoms with Crippen molar-refractivity contribution >= 4 is 36.3 Å². The fraction of sp³-hybridized carbons (Fsp3) is 0.762. The van der Waals surface area contributed by atoms with Crippen LogP contribution in [0.1, 0.15) is 162 Å². The molecule has 288 valence electrons. The summed E-state index contributed by atoms with van der Waals surface area (Å²) < 4.78 is 5.26. The van der Waals surface area contributed by atoms with E-state index < -0.39 is 5.97 Å². The average Bonchev–Trinajstić information content (AvgIpc) is 3.09. The fourth-order valence-electron chi connectivity index (χ4n) is 4.47. The van der Waals surface area contributed by atoms with Crippen LogP contribution in [0.25, 0.3) is 0 Å². The molecule has 0 heterocycles. The number of carboxylic acid groups (broad SMARTS) is 1. The van der Waals surface area contributed by atoms with Crippen LogP contribution in [-0.2, 0) is 14.3 Å². The van der Waals surface area contributed by atoms with Gasteiger partial charge in [-0.05, 0) is 161 Å². The van der Waals surface area contributed by atoms with Crippen LogP contribution in [0.2, 0.25) is 0 Å². The molecule has 0 saturated carbocycles. The largest absolute Gasteiger partial charge is 0.481 e. The van der Waals surface area contributed by atoms with Crippen molar-refractivity contribution in [2.45, 2.75) is 162 Å². The molecule has 7 heteroatoms. The van der Waals surface area contributed by atoms with Crippen LogP contribution in [0.3, 0.4) is 0 Å². The fourth-order valence-corrected chi connectivity index (χ4v) is 5.42. The van der Waals surface area contributed by atoms with Crippen molar-refractivity contribution in [3.63, 3.8) is 0 Å². The number of hydrogen-bond donors (Lipinski definition) is 2. The molecule has 5 nitrogen and oxygen atoms in total. The second-order valence-electron chi connectivity index (χ2n) is 12.4. The first kappa shape index (κ1) is 51.9. The van der Waals surface area contributed by atoms with Crippen molar-refractivity contribution < 1.29 is 19.4 Å². The number of ether oxygens (including phenoxy) is 1.